The standard InChI is InChI=1S/C18H34N4O3.HI/c1-17(2,3)25-16(23)22-11-9-21(10-12-22)15(19)20-14-18(6-5-7-18)8-13-24-4;/h5-14H2,1-4H3,(H2,19,20);1H. The van der Waals surface area contributed by atoms with Crippen molar-refractivity contribution in [1.29, 1.82) is 0 Å². The first-order valence-corrected chi connectivity index (χ1v) is 9.26. The van der Waals surface area contributed by atoms with E-state index in [1.807, 2.05) is 20.8 Å². The van der Waals surface area contributed by atoms with E-state index < -0.39 is 5.60 Å². The van der Waals surface area contributed by atoms with Crippen molar-refractivity contribution in [3.63, 3.8) is 0 Å². The van der Waals surface area contributed by atoms with Gasteiger partial charge in [0, 0.05) is 46.4 Å². The molecule has 0 aromatic carbocycles. The van der Waals surface area contributed by atoms with Crippen LogP contribution in [-0.2, 0) is 9.47 Å². The third kappa shape index (κ3) is 6.75. The third-order valence-corrected chi connectivity index (χ3v) is 5.08. The first-order chi connectivity index (χ1) is 11.7. The van der Waals surface area contributed by atoms with Crippen molar-refractivity contribution in [3.05, 3.63) is 0 Å². The van der Waals surface area contributed by atoms with E-state index in [-0.39, 0.29) is 35.5 Å². The number of aliphatic imine (C=N–C) groups is 1. The molecule has 152 valence electrons. The highest BCUT2D eigenvalue weighted by Crippen LogP contribution is 2.44. The van der Waals surface area contributed by atoms with Crippen molar-refractivity contribution >= 4 is 36.0 Å². The lowest BCUT2D eigenvalue weighted by molar-refractivity contribution is 0.0186. The summed E-state index contributed by atoms with van der Waals surface area (Å²) in [6.07, 6.45) is 4.48. The fourth-order valence-corrected chi connectivity index (χ4v) is 3.28. The van der Waals surface area contributed by atoms with E-state index in [2.05, 4.69) is 9.89 Å². The van der Waals surface area contributed by atoms with Crippen LogP contribution in [0.15, 0.2) is 4.99 Å². The van der Waals surface area contributed by atoms with Crippen molar-refractivity contribution in [3.8, 4) is 0 Å². The number of halogens is 1. The summed E-state index contributed by atoms with van der Waals surface area (Å²) in [5.41, 5.74) is 6.01. The summed E-state index contributed by atoms with van der Waals surface area (Å²) in [4.78, 5) is 20.6. The second-order valence-corrected chi connectivity index (χ2v) is 8.23. The number of rotatable bonds is 5. The molecule has 1 aliphatic heterocycles. The number of carbonyl (C=O) groups excluding carboxylic acids is 1. The Morgan fingerprint density at radius 3 is 2.19 bits per heavy atom. The summed E-state index contributed by atoms with van der Waals surface area (Å²) in [5.74, 6) is 0.590. The SMILES string of the molecule is COCCC1(CN=C(N)N2CCN(C(=O)OC(C)(C)C)CC2)CCC1.I. The lowest BCUT2D eigenvalue weighted by Gasteiger charge is -2.41. The number of guanidine groups is 1. The van der Waals surface area contributed by atoms with Gasteiger partial charge in [-0.25, -0.2) is 4.79 Å². The number of nitrogens with two attached hydrogens (primary N) is 1. The zero-order valence-corrected chi connectivity index (χ0v) is 19.0. The Labute approximate surface area is 174 Å². The van der Waals surface area contributed by atoms with Crippen molar-refractivity contribution in [1.82, 2.24) is 9.80 Å². The van der Waals surface area contributed by atoms with Gasteiger partial charge in [0.2, 0.25) is 0 Å². The van der Waals surface area contributed by atoms with Gasteiger partial charge < -0.3 is 25.0 Å². The second-order valence-electron chi connectivity index (χ2n) is 8.23. The summed E-state index contributed by atoms with van der Waals surface area (Å²) in [5, 5.41) is 0. The summed E-state index contributed by atoms with van der Waals surface area (Å²) in [7, 11) is 1.74. The molecule has 2 rings (SSSR count). The first-order valence-electron chi connectivity index (χ1n) is 9.26. The Balaban J connectivity index is 0.00000338. The van der Waals surface area contributed by atoms with Crippen LogP contribution in [0.4, 0.5) is 4.79 Å². The molecule has 8 heteroatoms. The molecule has 7 nitrogen and oxygen atoms in total. The van der Waals surface area contributed by atoms with Gasteiger partial charge in [-0.05, 0) is 45.4 Å². The average Bonchev–Trinajstić information content (AvgIpc) is 2.52. The molecule has 0 unspecified atom stereocenters. The maximum absolute atomic E-state index is 12.1. The molecule has 2 fully saturated rings. The average molecular weight is 482 g/mol. The Morgan fingerprint density at radius 2 is 1.73 bits per heavy atom. The Kier molecular flexibility index (Phi) is 8.92. The number of hydrogen-bond donors (Lipinski definition) is 1. The fourth-order valence-electron chi connectivity index (χ4n) is 3.28. The Bertz CT molecular complexity index is 481. The monoisotopic (exact) mass is 482 g/mol. The molecule has 0 bridgehead atoms. The van der Waals surface area contributed by atoms with Crippen molar-refractivity contribution < 1.29 is 14.3 Å². The normalized spacial score (nSPS) is 20.2. The molecule has 0 atom stereocenters. The quantitative estimate of drug-likeness (QED) is 0.370. The minimum Gasteiger partial charge on any atom is -0.444 e. The van der Waals surface area contributed by atoms with Crippen molar-refractivity contribution in [2.24, 2.45) is 16.1 Å². The number of methoxy groups -OCH3 is 1. The van der Waals surface area contributed by atoms with Crippen LogP contribution in [0.1, 0.15) is 46.5 Å². The Hall–Kier alpha value is -0.770. The Morgan fingerprint density at radius 1 is 1.15 bits per heavy atom. The largest absolute Gasteiger partial charge is 0.444 e. The van der Waals surface area contributed by atoms with E-state index in [0.717, 1.165) is 19.6 Å². The molecule has 2 N–H and O–H groups in total. The van der Waals surface area contributed by atoms with Gasteiger partial charge in [-0.2, -0.15) is 0 Å². The van der Waals surface area contributed by atoms with Gasteiger partial charge in [-0.3, -0.25) is 4.99 Å². The lowest BCUT2D eigenvalue weighted by Crippen LogP contribution is -2.53. The lowest BCUT2D eigenvalue weighted by atomic mass is 9.67. The van der Waals surface area contributed by atoms with Crippen LogP contribution in [0.25, 0.3) is 0 Å². The smallest absolute Gasteiger partial charge is 0.410 e. The van der Waals surface area contributed by atoms with E-state index in [9.17, 15) is 4.79 Å². The predicted molar refractivity (Wildman–Crippen MR) is 114 cm³/mol. The number of nitrogens with zero attached hydrogens (tertiary/aromatic N) is 3. The maximum atomic E-state index is 12.1. The van der Waals surface area contributed by atoms with E-state index in [4.69, 9.17) is 15.2 Å². The van der Waals surface area contributed by atoms with Crippen LogP contribution in [0.5, 0.6) is 0 Å². The van der Waals surface area contributed by atoms with Crippen LogP contribution >= 0.6 is 24.0 Å². The molecule has 26 heavy (non-hydrogen) atoms. The predicted octanol–water partition coefficient (Wildman–Crippen LogP) is 2.68. The van der Waals surface area contributed by atoms with Crippen molar-refractivity contribution in [2.45, 2.75) is 52.1 Å². The van der Waals surface area contributed by atoms with E-state index in [1.165, 1.54) is 19.3 Å². The second kappa shape index (κ2) is 9.96. The molecule has 0 spiro atoms. The van der Waals surface area contributed by atoms with Crippen LogP contribution in [0, 0.1) is 5.41 Å². The van der Waals surface area contributed by atoms with Crippen LogP contribution in [0.3, 0.4) is 0 Å². The number of ether oxygens (including phenoxy) is 2. The van der Waals surface area contributed by atoms with Crippen LogP contribution in [0.2, 0.25) is 0 Å². The minimum absolute atomic E-state index is 0. The van der Waals surface area contributed by atoms with Gasteiger partial charge in [0.25, 0.3) is 0 Å². The number of piperazine rings is 1. The van der Waals surface area contributed by atoms with Gasteiger partial charge in [0.05, 0.1) is 0 Å². The van der Waals surface area contributed by atoms with E-state index in [1.54, 1.807) is 12.0 Å². The van der Waals surface area contributed by atoms with Crippen LogP contribution < -0.4 is 5.73 Å². The highest BCUT2D eigenvalue weighted by atomic mass is 127. The molecular formula is C18H35IN4O3. The summed E-state index contributed by atoms with van der Waals surface area (Å²) >= 11 is 0. The molecule has 1 amide bonds. The molecule has 0 radical (unpaired) electrons. The summed E-state index contributed by atoms with van der Waals surface area (Å²) in [6, 6.07) is 0. The molecule has 1 saturated carbocycles. The van der Waals surface area contributed by atoms with E-state index >= 15 is 0 Å². The highest BCUT2D eigenvalue weighted by Gasteiger charge is 2.36. The molecule has 0 aromatic heterocycles. The molecule has 2 aliphatic rings. The van der Waals surface area contributed by atoms with Gasteiger partial charge in [0.15, 0.2) is 5.96 Å². The number of carbonyl (C=O) groups is 1. The highest BCUT2D eigenvalue weighted by molar-refractivity contribution is 14.0. The van der Waals surface area contributed by atoms with Gasteiger partial charge >= 0.3 is 6.09 Å². The topological polar surface area (TPSA) is 80.4 Å². The molecule has 1 heterocycles. The first kappa shape index (κ1) is 23.3. The summed E-state index contributed by atoms with van der Waals surface area (Å²) in [6.45, 7) is 9.81. The zero-order valence-electron chi connectivity index (χ0n) is 16.6. The number of hydrogen-bond acceptors (Lipinski definition) is 4. The fraction of sp³-hybridized carbons (Fsp3) is 0.889. The van der Waals surface area contributed by atoms with Crippen LogP contribution in [-0.4, -0.2) is 73.9 Å². The van der Waals surface area contributed by atoms with E-state index in [0.29, 0.717) is 32.1 Å². The molecular weight excluding hydrogens is 447 g/mol. The third-order valence-electron chi connectivity index (χ3n) is 5.08. The van der Waals surface area contributed by atoms with Gasteiger partial charge in [-0.15, -0.1) is 24.0 Å². The molecule has 0 aromatic rings. The van der Waals surface area contributed by atoms with Gasteiger partial charge in [-0.1, -0.05) is 6.42 Å². The summed E-state index contributed by atoms with van der Waals surface area (Å²) < 4.78 is 10.6. The maximum Gasteiger partial charge on any atom is 0.410 e. The van der Waals surface area contributed by atoms with Gasteiger partial charge in [0.1, 0.15) is 5.60 Å². The zero-order chi connectivity index (χ0) is 18.5. The number of amides is 1. The van der Waals surface area contributed by atoms with Crippen molar-refractivity contribution in [2.75, 3.05) is 46.4 Å². The molecule has 1 aliphatic carbocycles. The minimum atomic E-state index is -0.464. The molecule has 1 saturated heterocycles.